The van der Waals surface area contributed by atoms with Gasteiger partial charge in [0.25, 0.3) is 0 Å². The van der Waals surface area contributed by atoms with E-state index < -0.39 is 0 Å². The Morgan fingerprint density at radius 2 is 1.90 bits per heavy atom. The van der Waals surface area contributed by atoms with E-state index in [0.717, 1.165) is 12.0 Å². The summed E-state index contributed by atoms with van der Waals surface area (Å²) >= 11 is 0. The van der Waals surface area contributed by atoms with Gasteiger partial charge in [-0.3, -0.25) is 4.90 Å². The highest BCUT2D eigenvalue weighted by Crippen LogP contribution is 2.52. The second kappa shape index (κ2) is 1.76. The average molecular weight is 137 g/mol. The number of nitrogens with zero attached hydrogens (tertiary/aromatic N) is 1. The molecule has 0 radical (unpaired) electrons. The molecule has 1 heteroatoms. The molecule has 1 heterocycles. The summed E-state index contributed by atoms with van der Waals surface area (Å²) in [5.41, 5.74) is 0. The molecule has 0 bridgehead atoms. The van der Waals surface area contributed by atoms with Crippen LogP contribution in [0.15, 0.2) is 0 Å². The topological polar surface area (TPSA) is 3.24 Å². The second-order valence-electron chi connectivity index (χ2n) is 4.19. The van der Waals surface area contributed by atoms with Gasteiger partial charge in [0.2, 0.25) is 0 Å². The van der Waals surface area contributed by atoms with E-state index in [1.165, 1.54) is 25.4 Å². The molecule has 2 aliphatic carbocycles. The van der Waals surface area contributed by atoms with Crippen LogP contribution in [0.25, 0.3) is 0 Å². The summed E-state index contributed by atoms with van der Waals surface area (Å²) in [5, 5.41) is 0. The lowest BCUT2D eigenvalue weighted by atomic mass is 10.2. The Kier molecular flexibility index (Phi) is 0.984. The molecule has 0 N–H and O–H groups in total. The third-order valence-electron chi connectivity index (χ3n) is 3.39. The molecule has 3 fully saturated rings. The van der Waals surface area contributed by atoms with Crippen molar-refractivity contribution in [1.29, 1.82) is 0 Å². The van der Waals surface area contributed by atoms with Crippen molar-refractivity contribution in [2.75, 3.05) is 13.1 Å². The van der Waals surface area contributed by atoms with Gasteiger partial charge in [0, 0.05) is 6.04 Å². The largest absolute Gasteiger partial charge is 0.300 e. The van der Waals surface area contributed by atoms with Crippen molar-refractivity contribution in [3.05, 3.63) is 0 Å². The Balaban J connectivity index is 1.56. The first-order valence-corrected chi connectivity index (χ1v) is 4.69. The van der Waals surface area contributed by atoms with E-state index in [1.54, 1.807) is 19.3 Å². The highest BCUT2D eigenvalue weighted by molar-refractivity contribution is 5.04. The maximum absolute atomic E-state index is 2.68. The van der Waals surface area contributed by atoms with Gasteiger partial charge in [-0.05, 0) is 50.6 Å². The van der Waals surface area contributed by atoms with Crippen LogP contribution in [0.4, 0.5) is 0 Å². The molecule has 0 aromatic rings. The zero-order valence-electron chi connectivity index (χ0n) is 6.42. The normalized spacial score (nSPS) is 46.8. The molecule has 2 saturated carbocycles. The molecular weight excluding hydrogens is 122 g/mol. The van der Waals surface area contributed by atoms with E-state index in [9.17, 15) is 0 Å². The van der Waals surface area contributed by atoms with E-state index in [-0.39, 0.29) is 0 Å². The van der Waals surface area contributed by atoms with Gasteiger partial charge in [0.05, 0.1) is 0 Å². The fourth-order valence-electron chi connectivity index (χ4n) is 2.32. The lowest BCUT2D eigenvalue weighted by Gasteiger charge is -2.31. The summed E-state index contributed by atoms with van der Waals surface area (Å²) in [5.74, 6) is 2.32. The van der Waals surface area contributed by atoms with Crippen LogP contribution in [0.1, 0.15) is 25.7 Å². The number of hydrogen-bond donors (Lipinski definition) is 0. The van der Waals surface area contributed by atoms with E-state index in [2.05, 4.69) is 4.90 Å². The predicted octanol–water partition coefficient (Wildman–Crippen LogP) is 1.49. The van der Waals surface area contributed by atoms with Gasteiger partial charge in [-0.15, -0.1) is 0 Å². The average Bonchev–Trinajstić information content (AvgIpc) is 2.49. The predicted molar refractivity (Wildman–Crippen MR) is 40.8 cm³/mol. The molecule has 3 aliphatic rings. The van der Waals surface area contributed by atoms with Crippen molar-refractivity contribution in [1.82, 2.24) is 4.90 Å². The molecule has 3 rings (SSSR count). The van der Waals surface area contributed by atoms with Crippen molar-refractivity contribution < 1.29 is 0 Å². The number of likely N-dealkylation sites (tertiary alicyclic amines) is 1. The third-order valence-corrected chi connectivity index (χ3v) is 3.39. The van der Waals surface area contributed by atoms with Crippen LogP contribution < -0.4 is 0 Å². The molecule has 56 valence electrons. The minimum atomic E-state index is 1.06. The van der Waals surface area contributed by atoms with E-state index in [0.29, 0.717) is 0 Å². The van der Waals surface area contributed by atoms with Crippen LogP contribution in [-0.2, 0) is 0 Å². The smallest absolute Gasteiger partial charge is 0.0130 e. The minimum Gasteiger partial charge on any atom is -0.300 e. The fourth-order valence-corrected chi connectivity index (χ4v) is 2.32. The SMILES string of the molecule is C1CN(C2CC2C2CC2)C1. The van der Waals surface area contributed by atoms with Crippen LogP contribution >= 0.6 is 0 Å². The van der Waals surface area contributed by atoms with Gasteiger partial charge in [-0.25, -0.2) is 0 Å². The highest BCUT2D eigenvalue weighted by Gasteiger charge is 2.50. The summed E-state index contributed by atoms with van der Waals surface area (Å²) in [4.78, 5) is 2.68. The molecule has 0 amide bonds. The Bertz CT molecular complexity index is 147. The second-order valence-corrected chi connectivity index (χ2v) is 4.19. The molecule has 0 aromatic carbocycles. The Hall–Kier alpha value is -0.0400. The van der Waals surface area contributed by atoms with Gasteiger partial charge in [-0.1, -0.05) is 0 Å². The first kappa shape index (κ1) is 5.59. The number of rotatable bonds is 2. The zero-order chi connectivity index (χ0) is 6.55. The van der Waals surface area contributed by atoms with E-state index >= 15 is 0 Å². The third kappa shape index (κ3) is 0.731. The Morgan fingerprint density at radius 3 is 2.40 bits per heavy atom. The molecule has 0 aromatic heterocycles. The summed E-state index contributed by atoms with van der Waals surface area (Å²) in [6, 6.07) is 1.06. The monoisotopic (exact) mass is 137 g/mol. The molecule has 2 atom stereocenters. The van der Waals surface area contributed by atoms with Crippen molar-refractivity contribution in [3.63, 3.8) is 0 Å². The lowest BCUT2D eigenvalue weighted by molar-refractivity contribution is 0.160. The molecule has 1 nitrogen and oxygen atoms in total. The quantitative estimate of drug-likeness (QED) is 0.557. The Morgan fingerprint density at radius 1 is 1.10 bits per heavy atom. The zero-order valence-corrected chi connectivity index (χ0v) is 6.42. The van der Waals surface area contributed by atoms with Gasteiger partial charge in [0.1, 0.15) is 0 Å². The van der Waals surface area contributed by atoms with Crippen LogP contribution in [0.5, 0.6) is 0 Å². The summed E-state index contributed by atoms with van der Waals surface area (Å²) in [6.07, 6.45) is 6.11. The van der Waals surface area contributed by atoms with Crippen LogP contribution in [0.3, 0.4) is 0 Å². The first-order valence-electron chi connectivity index (χ1n) is 4.69. The van der Waals surface area contributed by atoms with Gasteiger partial charge >= 0.3 is 0 Å². The van der Waals surface area contributed by atoms with Gasteiger partial charge in [0.15, 0.2) is 0 Å². The fraction of sp³-hybridized carbons (Fsp3) is 1.00. The van der Waals surface area contributed by atoms with E-state index in [1.807, 2.05) is 0 Å². The molecule has 1 aliphatic heterocycles. The maximum atomic E-state index is 2.68. The molecule has 0 spiro atoms. The molecule has 1 saturated heterocycles. The molecular formula is C9H15N. The van der Waals surface area contributed by atoms with Crippen molar-refractivity contribution in [3.8, 4) is 0 Å². The van der Waals surface area contributed by atoms with Crippen molar-refractivity contribution in [2.24, 2.45) is 11.8 Å². The number of hydrogen-bond acceptors (Lipinski definition) is 1. The summed E-state index contributed by atoms with van der Waals surface area (Å²) in [6.45, 7) is 2.82. The van der Waals surface area contributed by atoms with Crippen molar-refractivity contribution in [2.45, 2.75) is 31.7 Å². The minimum absolute atomic E-state index is 1.06. The standard InChI is InChI=1S/C9H15N/c1-4-10(5-1)9-6-8(9)7-2-3-7/h7-9H,1-6H2. The summed E-state index contributed by atoms with van der Waals surface area (Å²) in [7, 11) is 0. The van der Waals surface area contributed by atoms with E-state index in [4.69, 9.17) is 0 Å². The first-order chi connectivity index (χ1) is 4.95. The van der Waals surface area contributed by atoms with Crippen LogP contribution in [-0.4, -0.2) is 24.0 Å². The highest BCUT2D eigenvalue weighted by atomic mass is 15.2. The Labute approximate surface area is 62.4 Å². The molecule has 2 unspecified atom stereocenters. The van der Waals surface area contributed by atoms with Crippen LogP contribution in [0.2, 0.25) is 0 Å². The molecule has 10 heavy (non-hydrogen) atoms. The van der Waals surface area contributed by atoms with Gasteiger partial charge in [-0.2, -0.15) is 0 Å². The van der Waals surface area contributed by atoms with Crippen LogP contribution in [0, 0.1) is 11.8 Å². The lowest BCUT2D eigenvalue weighted by Crippen LogP contribution is -2.39. The summed E-state index contributed by atoms with van der Waals surface area (Å²) < 4.78 is 0. The van der Waals surface area contributed by atoms with Crippen molar-refractivity contribution >= 4 is 0 Å². The van der Waals surface area contributed by atoms with Gasteiger partial charge < -0.3 is 0 Å². The maximum Gasteiger partial charge on any atom is 0.0130 e.